The minimum absolute atomic E-state index is 0.0481. The average molecular weight is 363 g/mol. The maximum Gasteiger partial charge on any atom is 0.242 e. The molecule has 0 saturated heterocycles. The summed E-state index contributed by atoms with van der Waals surface area (Å²) in [6.07, 6.45) is 4.26. The molecule has 0 fully saturated rings. The van der Waals surface area contributed by atoms with Crippen molar-refractivity contribution in [3.63, 3.8) is 0 Å². The highest BCUT2D eigenvalue weighted by atomic mass is 35.5. The lowest BCUT2D eigenvalue weighted by Gasteiger charge is -2.14. The van der Waals surface area contributed by atoms with Gasteiger partial charge in [0, 0.05) is 29.9 Å². The van der Waals surface area contributed by atoms with Gasteiger partial charge >= 0.3 is 0 Å². The van der Waals surface area contributed by atoms with Crippen LogP contribution in [0.5, 0.6) is 0 Å². The lowest BCUT2D eigenvalue weighted by atomic mass is 10.2. The molecule has 25 heavy (non-hydrogen) atoms. The maximum atomic E-state index is 14.0. The van der Waals surface area contributed by atoms with E-state index in [1.165, 1.54) is 6.20 Å². The van der Waals surface area contributed by atoms with Crippen LogP contribution in [0.3, 0.4) is 0 Å². The van der Waals surface area contributed by atoms with E-state index in [-0.39, 0.29) is 11.7 Å². The Hall–Kier alpha value is -2.74. The fourth-order valence-electron chi connectivity index (χ4n) is 2.36. The molecule has 3 aromatic rings. The number of aromatic amines is 1. The summed E-state index contributed by atoms with van der Waals surface area (Å²) in [4.78, 5) is 27.2. The van der Waals surface area contributed by atoms with Crippen molar-refractivity contribution in [1.29, 1.82) is 0 Å². The fraction of sp³-hybridized carbons (Fsp3) is 0.250. The Labute approximate surface area is 148 Å². The van der Waals surface area contributed by atoms with Crippen molar-refractivity contribution in [1.82, 2.24) is 25.3 Å². The standard InChI is InChI=1S/C16H16ClFN6O/c1-3-19-16(25)8(2)23-15-12(18)7-22-14(24-15)11-6-21-13-10(11)4-9(17)5-20-13/h4-8H,3H2,1-2H3,(H,19,25)(H,20,21)(H,22,23,24)/t8-/m0/s1. The minimum atomic E-state index is -0.643. The molecule has 1 amide bonds. The van der Waals surface area contributed by atoms with Crippen LogP contribution in [0.1, 0.15) is 13.8 Å². The Morgan fingerprint density at radius 1 is 1.40 bits per heavy atom. The lowest BCUT2D eigenvalue weighted by molar-refractivity contribution is -0.121. The number of carbonyl (C=O) groups is 1. The van der Waals surface area contributed by atoms with Crippen molar-refractivity contribution in [3.8, 4) is 11.4 Å². The molecule has 0 saturated carbocycles. The molecule has 7 nitrogen and oxygen atoms in total. The van der Waals surface area contributed by atoms with E-state index in [1.54, 1.807) is 19.2 Å². The number of carbonyl (C=O) groups excluding carboxylic acids is 1. The first-order valence-corrected chi connectivity index (χ1v) is 8.07. The van der Waals surface area contributed by atoms with Crippen LogP contribution in [0.2, 0.25) is 5.02 Å². The number of nitrogens with zero attached hydrogens (tertiary/aromatic N) is 3. The first-order valence-electron chi connectivity index (χ1n) is 7.69. The Morgan fingerprint density at radius 3 is 2.96 bits per heavy atom. The first kappa shape index (κ1) is 17.1. The second-order valence-corrected chi connectivity index (χ2v) is 5.84. The van der Waals surface area contributed by atoms with Crippen molar-refractivity contribution in [3.05, 3.63) is 35.5 Å². The van der Waals surface area contributed by atoms with Crippen LogP contribution in [0.4, 0.5) is 10.2 Å². The van der Waals surface area contributed by atoms with Crippen molar-refractivity contribution >= 4 is 34.4 Å². The molecule has 0 aromatic carbocycles. The molecule has 3 heterocycles. The number of H-pyrrole nitrogens is 1. The highest BCUT2D eigenvalue weighted by Gasteiger charge is 2.17. The summed E-state index contributed by atoms with van der Waals surface area (Å²) in [6.45, 7) is 3.93. The average Bonchev–Trinajstić information content (AvgIpc) is 3.00. The fourth-order valence-corrected chi connectivity index (χ4v) is 2.52. The van der Waals surface area contributed by atoms with Crippen LogP contribution in [-0.2, 0) is 4.79 Å². The van der Waals surface area contributed by atoms with Gasteiger partial charge in [0.25, 0.3) is 0 Å². The molecule has 0 unspecified atom stereocenters. The zero-order chi connectivity index (χ0) is 18.0. The van der Waals surface area contributed by atoms with Gasteiger partial charge in [0.15, 0.2) is 17.5 Å². The van der Waals surface area contributed by atoms with Crippen LogP contribution in [0, 0.1) is 5.82 Å². The Balaban J connectivity index is 1.95. The zero-order valence-electron chi connectivity index (χ0n) is 13.6. The largest absolute Gasteiger partial charge is 0.356 e. The Kier molecular flexibility index (Phi) is 4.80. The number of rotatable bonds is 5. The molecule has 0 spiro atoms. The quantitative estimate of drug-likeness (QED) is 0.648. The molecule has 3 N–H and O–H groups in total. The number of halogens is 2. The van der Waals surface area contributed by atoms with Crippen LogP contribution in [-0.4, -0.2) is 38.4 Å². The smallest absolute Gasteiger partial charge is 0.242 e. The summed E-state index contributed by atoms with van der Waals surface area (Å²) < 4.78 is 14.0. The molecule has 0 aliphatic heterocycles. The van der Waals surface area contributed by atoms with E-state index in [2.05, 4.69) is 30.6 Å². The molecular weight excluding hydrogens is 347 g/mol. The summed E-state index contributed by atoms with van der Waals surface area (Å²) in [5, 5.41) is 6.62. The number of hydrogen-bond acceptors (Lipinski definition) is 5. The molecule has 0 aliphatic rings. The van der Waals surface area contributed by atoms with Crippen LogP contribution < -0.4 is 10.6 Å². The second kappa shape index (κ2) is 7.02. The molecule has 0 bridgehead atoms. The van der Waals surface area contributed by atoms with E-state index < -0.39 is 11.9 Å². The summed E-state index contributed by atoms with van der Waals surface area (Å²) in [5.41, 5.74) is 1.26. The monoisotopic (exact) mass is 362 g/mol. The van der Waals surface area contributed by atoms with E-state index in [0.29, 0.717) is 28.6 Å². The number of hydrogen-bond donors (Lipinski definition) is 3. The number of likely N-dealkylation sites (N-methyl/N-ethyl adjacent to an activating group) is 1. The van der Waals surface area contributed by atoms with Crippen molar-refractivity contribution < 1.29 is 9.18 Å². The Morgan fingerprint density at radius 2 is 2.20 bits per heavy atom. The van der Waals surface area contributed by atoms with Gasteiger partial charge < -0.3 is 15.6 Å². The van der Waals surface area contributed by atoms with Gasteiger partial charge in [-0.1, -0.05) is 11.6 Å². The highest BCUT2D eigenvalue weighted by molar-refractivity contribution is 6.31. The SMILES string of the molecule is CCNC(=O)[C@H](C)Nc1nc(-c2c[nH]c3ncc(Cl)cc23)ncc1F. The zero-order valence-corrected chi connectivity index (χ0v) is 14.4. The van der Waals surface area contributed by atoms with Gasteiger partial charge in [-0.05, 0) is 19.9 Å². The third-order valence-electron chi connectivity index (χ3n) is 3.58. The Bertz CT molecular complexity index is 928. The predicted octanol–water partition coefficient (Wildman–Crippen LogP) is 2.75. The summed E-state index contributed by atoms with van der Waals surface area (Å²) in [5.74, 6) is -0.642. The number of nitrogens with one attached hydrogen (secondary N) is 3. The topological polar surface area (TPSA) is 95.6 Å². The van der Waals surface area contributed by atoms with Gasteiger partial charge in [-0.3, -0.25) is 4.79 Å². The van der Waals surface area contributed by atoms with E-state index >= 15 is 0 Å². The molecule has 0 radical (unpaired) electrons. The molecule has 3 rings (SSSR count). The number of amides is 1. The summed E-state index contributed by atoms with van der Waals surface area (Å²) >= 11 is 5.99. The van der Waals surface area contributed by atoms with E-state index in [9.17, 15) is 9.18 Å². The minimum Gasteiger partial charge on any atom is -0.356 e. The van der Waals surface area contributed by atoms with Gasteiger partial charge in [0.1, 0.15) is 11.7 Å². The van der Waals surface area contributed by atoms with Crippen molar-refractivity contribution in [2.75, 3.05) is 11.9 Å². The van der Waals surface area contributed by atoms with Crippen LogP contribution in [0.15, 0.2) is 24.7 Å². The number of fused-ring (bicyclic) bond motifs is 1. The molecular formula is C16H16ClFN6O. The van der Waals surface area contributed by atoms with E-state index in [4.69, 9.17) is 11.6 Å². The van der Waals surface area contributed by atoms with Crippen molar-refractivity contribution in [2.45, 2.75) is 19.9 Å². The molecule has 9 heteroatoms. The normalized spacial score (nSPS) is 12.2. The highest BCUT2D eigenvalue weighted by Crippen LogP contribution is 2.28. The number of aromatic nitrogens is 4. The molecule has 1 atom stereocenters. The van der Waals surface area contributed by atoms with Gasteiger partial charge in [-0.2, -0.15) is 0 Å². The summed E-state index contributed by atoms with van der Waals surface area (Å²) in [6, 6.07) is 1.09. The number of anilines is 1. The first-order chi connectivity index (χ1) is 12.0. The molecule has 130 valence electrons. The van der Waals surface area contributed by atoms with E-state index in [1.807, 2.05) is 6.92 Å². The third kappa shape index (κ3) is 3.53. The third-order valence-corrected chi connectivity index (χ3v) is 3.79. The summed E-state index contributed by atoms with van der Waals surface area (Å²) in [7, 11) is 0. The predicted molar refractivity (Wildman–Crippen MR) is 93.9 cm³/mol. The van der Waals surface area contributed by atoms with Gasteiger partial charge in [-0.25, -0.2) is 19.3 Å². The second-order valence-electron chi connectivity index (χ2n) is 5.40. The number of pyridine rings is 1. The van der Waals surface area contributed by atoms with Gasteiger partial charge in [0.2, 0.25) is 5.91 Å². The van der Waals surface area contributed by atoms with Crippen molar-refractivity contribution in [2.24, 2.45) is 0 Å². The maximum absolute atomic E-state index is 14.0. The lowest BCUT2D eigenvalue weighted by Crippen LogP contribution is -2.37. The molecule has 3 aromatic heterocycles. The van der Waals surface area contributed by atoms with Crippen LogP contribution in [0.25, 0.3) is 22.4 Å². The van der Waals surface area contributed by atoms with E-state index in [0.717, 1.165) is 11.6 Å². The van der Waals surface area contributed by atoms with Gasteiger partial charge in [-0.15, -0.1) is 0 Å². The van der Waals surface area contributed by atoms with Gasteiger partial charge in [0.05, 0.1) is 11.2 Å². The molecule has 0 aliphatic carbocycles. The van der Waals surface area contributed by atoms with Crippen LogP contribution >= 0.6 is 11.6 Å².